The molecule has 0 unspecified atom stereocenters. The number of methoxy groups -OCH3 is 2. The van der Waals surface area contributed by atoms with Gasteiger partial charge in [-0.05, 0) is 34.1 Å². The highest BCUT2D eigenvalue weighted by Crippen LogP contribution is 2.32. The highest BCUT2D eigenvalue weighted by atomic mass is 79.9. The molecule has 7 heteroatoms. The Labute approximate surface area is 137 Å². The number of thiazole rings is 1. The number of benzene rings is 1. The van der Waals surface area contributed by atoms with Gasteiger partial charge in [-0.15, -0.1) is 0 Å². The smallest absolute Gasteiger partial charge is 0.231 e. The maximum absolute atomic E-state index is 5.33. The normalized spacial score (nSPS) is 10.3. The SMILES string of the molecule is COc1ccc(NCc2sc(N(C)C)nc2OC)cc1Br. The van der Waals surface area contributed by atoms with Crippen LogP contribution in [0.4, 0.5) is 10.8 Å². The summed E-state index contributed by atoms with van der Waals surface area (Å²) in [6.45, 7) is 0.660. The lowest BCUT2D eigenvalue weighted by atomic mass is 10.3. The Morgan fingerprint density at radius 2 is 2.05 bits per heavy atom. The molecule has 0 amide bonds. The third-order valence-electron chi connectivity index (χ3n) is 2.83. The van der Waals surface area contributed by atoms with Crippen LogP contribution in [0, 0.1) is 0 Å². The summed E-state index contributed by atoms with van der Waals surface area (Å²) in [4.78, 5) is 7.47. The molecule has 0 saturated heterocycles. The van der Waals surface area contributed by atoms with E-state index >= 15 is 0 Å². The lowest BCUT2D eigenvalue weighted by Crippen LogP contribution is -2.07. The molecule has 0 aliphatic rings. The molecule has 0 fully saturated rings. The molecule has 0 aliphatic heterocycles. The minimum absolute atomic E-state index is 0.660. The predicted molar refractivity (Wildman–Crippen MR) is 91.0 cm³/mol. The van der Waals surface area contributed by atoms with Crippen LogP contribution in [0.2, 0.25) is 0 Å². The van der Waals surface area contributed by atoms with Crippen LogP contribution in [0.1, 0.15) is 4.88 Å². The van der Waals surface area contributed by atoms with E-state index in [9.17, 15) is 0 Å². The van der Waals surface area contributed by atoms with Crippen molar-refractivity contribution < 1.29 is 9.47 Å². The Hall–Kier alpha value is -1.47. The van der Waals surface area contributed by atoms with Gasteiger partial charge in [-0.1, -0.05) is 11.3 Å². The minimum Gasteiger partial charge on any atom is -0.496 e. The van der Waals surface area contributed by atoms with Crippen LogP contribution in [-0.4, -0.2) is 33.3 Å². The van der Waals surface area contributed by atoms with Crippen LogP contribution in [0.25, 0.3) is 0 Å². The van der Waals surface area contributed by atoms with Gasteiger partial charge in [0.1, 0.15) is 5.75 Å². The van der Waals surface area contributed by atoms with Crippen molar-refractivity contribution >= 4 is 38.1 Å². The number of aromatic nitrogens is 1. The van der Waals surface area contributed by atoms with Gasteiger partial charge in [0.2, 0.25) is 5.88 Å². The minimum atomic E-state index is 0.660. The topological polar surface area (TPSA) is 46.6 Å². The third-order valence-corrected chi connectivity index (χ3v) is 4.66. The molecule has 1 heterocycles. The summed E-state index contributed by atoms with van der Waals surface area (Å²) in [5.41, 5.74) is 1.00. The van der Waals surface area contributed by atoms with E-state index in [1.807, 2.05) is 37.2 Å². The van der Waals surface area contributed by atoms with Gasteiger partial charge in [0.05, 0.1) is 30.1 Å². The van der Waals surface area contributed by atoms with E-state index in [4.69, 9.17) is 9.47 Å². The van der Waals surface area contributed by atoms with Gasteiger partial charge in [0.25, 0.3) is 0 Å². The standard InChI is InChI=1S/C14H18BrN3O2S/c1-18(2)14-17-13(20-4)12(21-14)8-16-9-5-6-11(19-3)10(15)7-9/h5-7,16H,8H2,1-4H3. The lowest BCUT2D eigenvalue weighted by Gasteiger charge is -2.08. The van der Waals surface area contributed by atoms with Gasteiger partial charge in [-0.3, -0.25) is 0 Å². The molecule has 0 spiro atoms. The number of nitrogens with zero attached hydrogens (tertiary/aromatic N) is 2. The molecule has 0 aliphatic carbocycles. The molecule has 1 aromatic carbocycles. The van der Waals surface area contributed by atoms with E-state index < -0.39 is 0 Å². The van der Waals surface area contributed by atoms with Crippen LogP contribution in [0.5, 0.6) is 11.6 Å². The Bertz CT molecular complexity index is 616. The molecular weight excluding hydrogens is 354 g/mol. The van der Waals surface area contributed by atoms with Crippen molar-refractivity contribution in [2.75, 3.05) is 38.5 Å². The number of halogens is 1. The van der Waals surface area contributed by atoms with E-state index in [2.05, 4.69) is 26.2 Å². The number of hydrogen-bond donors (Lipinski definition) is 1. The van der Waals surface area contributed by atoms with Gasteiger partial charge < -0.3 is 19.7 Å². The summed E-state index contributed by atoms with van der Waals surface area (Å²) in [7, 11) is 7.23. The Balaban J connectivity index is 2.10. The summed E-state index contributed by atoms with van der Waals surface area (Å²) < 4.78 is 11.5. The average molecular weight is 372 g/mol. The third kappa shape index (κ3) is 3.79. The Morgan fingerprint density at radius 1 is 1.29 bits per heavy atom. The Morgan fingerprint density at radius 3 is 2.62 bits per heavy atom. The molecule has 2 aromatic rings. The van der Waals surface area contributed by atoms with Crippen molar-refractivity contribution in [1.29, 1.82) is 0 Å². The van der Waals surface area contributed by atoms with Crippen LogP contribution in [0.3, 0.4) is 0 Å². The fourth-order valence-electron chi connectivity index (χ4n) is 1.75. The number of anilines is 2. The maximum atomic E-state index is 5.33. The number of hydrogen-bond acceptors (Lipinski definition) is 6. The predicted octanol–water partition coefficient (Wildman–Crippen LogP) is 3.60. The molecule has 2 rings (SSSR count). The van der Waals surface area contributed by atoms with E-state index in [1.165, 1.54) is 0 Å². The van der Waals surface area contributed by atoms with Crippen LogP contribution in [0.15, 0.2) is 22.7 Å². The van der Waals surface area contributed by atoms with E-state index in [0.29, 0.717) is 12.4 Å². The first-order valence-corrected chi connectivity index (χ1v) is 7.94. The monoisotopic (exact) mass is 371 g/mol. The largest absolute Gasteiger partial charge is 0.496 e. The van der Waals surface area contributed by atoms with Gasteiger partial charge in [-0.2, -0.15) is 4.98 Å². The van der Waals surface area contributed by atoms with E-state index in [-0.39, 0.29) is 0 Å². The lowest BCUT2D eigenvalue weighted by molar-refractivity contribution is 0.397. The molecule has 114 valence electrons. The van der Waals surface area contributed by atoms with E-state index in [0.717, 1.165) is 25.9 Å². The first-order valence-electron chi connectivity index (χ1n) is 6.33. The fraction of sp³-hybridized carbons (Fsp3) is 0.357. The number of nitrogens with one attached hydrogen (secondary N) is 1. The maximum Gasteiger partial charge on any atom is 0.231 e. The fourth-order valence-corrected chi connectivity index (χ4v) is 3.18. The van der Waals surface area contributed by atoms with Crippen molar-refractivity contribution in [3.8, 4) is 11.6 Å². The highest BCUT2D eigenvalue weighted by molar-refractivity contribution is 9.10. The van der Waals surface area contributed by atoms with Crippen molar-refractivity contribution in [2.24, 2.45) is 0 Å². The summed E-state index contributed by atoms with van der Waals surface area (Å²) >= 11 is 5.09. The van der Waals surface area contributed by atoms with Crippen molar-refractivity contribution in [3.05, 3.63) is 27.5 Å². The molecule has 1 N–H and O–H groups in total. The summed E-state index contributed by atoms with van der Waals surface area (Å²) in [6, 6.07) is 5.88. The van der Waals surface area contributed by atoms with Crippen molar-refractivity contribution in [2.45, 2.75) is 6.54 Å². The second kappa shape index (κ2) is 7.00. The van der Waals surface area contributed by atoms with Crippen LogP contribution >= 0.6 is 27.3 Å². The van der Waals surface area contributed by atoms with Gasteiger partial charge in [0, 0.05) is 19.8 Å². The number of rotatable bonds is 6. The highest BCUT2D eigenvalue weighted by Gasteiger charge is 2.13. The average Bonchev–Trinajstić information content (AvgIpc) is 2.88. The molecule has 0 radical (unpaired) electrons. The summed E-state index contributed by atoms with van der Waals surface area (Å²) in [5.74, 6) is 1.48. The van der Waals surface area contributed by atoms with Crippen LogP contribution in [-0.2, 0) is 6.54 Å². The second-order valence-electron chi connectivity index (χ2n) is 4.53. The Kier molecular flexibility index (Phi) is 5.30. The molecular formula is C14H18BrN3O2S. The quantitative estimate of drug-likeness (QED) is 0.840. The second-order valence-corrected chi connectivity index (χ2v) is 6.44. The van der Waals surface area contributed by atoms with Crippen molar-refractivity contribution in [3.63, 3.8) is 0 Å². The van der Waals surface area contributed by atoms with Crippen LogP contribution < -0.4 is 19.7 Å². The zero-order chi connectivity index (χ0) is 15.4. The zero-order valence-electron chi connectivity index (χ0n) is 12.4. The summed E-state index contributed by atoms with van der Waals surface area (Å²) in [5, 5.41) is 4.30. The number of ether oxygens (including phenoxy) is 2. The molecule has 1 aromatic heterocycles. The molecule has 5 nitrogen and oxygen atoms in total. The first kappa shape index (κ1) is 15.9. The zero-order valence-corrected chi connectivity index (χ0v) is 14.8. The van der Waals surface area contributed by atoms with Gasteiger partial charge >= 0.3 is 0 Å². The molecule has 21 heavy (non-hydrogen) atoms. The first-order chi connectivity index (χ1) is 10.0. The van der Waals surface area contributed by atoms with Gasteiger partial charge in [0.15, 0.2) is 5.13 Å². The van der Waals surface area contributed by atoms with Crippen molar-refractivity contribution in [1.82, 2.24) is 4.98 Å². The van der Waals surface area contributed by atoms with E-state index in [1.54, 1.807) is 25.6 Å². The molecule has 0 saturated carbocycles. The molecule has 0 bridgehead atoms. The van der Waals surface area contributed by atoms with Gasteiger partial charge in [-0.25, -0.2) is 0 Å². The molecule has 0 atom stereocenters. The summed E-state index contributed by atoms with van der Waals surface area (Å²) in [6.07, 6.45) is 0.